The van der Waals surface area contributed by atoms with Crippen LogP contribution in [0.4, 0.5) is 0 Å². The first-order valence-electron chi connectivity index (χ1n) is 8.32. The maximum atomic E-state index is 5.92. The summed E-state index contributed by atoms with van der Waals surface area (Å²) in [6, 6.07) is 13.4. The molecule has 0 fully saturated rings. The van der Waals surface area contributed by atoms with E-state index >= 15 is 0 Å². The van der Waals surface area contributed by atoms with Crippen molar-refractivity contribution in [2.24, 2.45) is 5.10 Å². The molecule has 27 heavy (non-hydrogen) atoms. The van der Waals surface area contributed by atoms with E-state index in [9.17, 15) is 0 Å². The summed E-state index contributed by atoms with van der Waals surface area (Å²) in [5, 5.41) is 14.0. The van der Waals surface area contributed by atoms with Gasteiger partial charge in [-0.3, -0.25) is 0 Å². The highest BCUT2D eigenvalue weighted by Crippen LogP contribution is 2.27. The summed E-state index contributed by atoms with van der Waals surface area (Å²) in [6.45, 7) is 2.50. The molecule has 0 saturated heterocycles. The van der Waals surface area contributed by atoms with Crippen LogP contribution in [0.2, 0.25) is 5.02 Å². The first-order chi connectivity index (χ1) is 13.2. The van der Waals surface area contributed by atoms with Crippen LogP contribution in [0.1, 0.15) is 18.1 Å². The number of hydrogen-bond acceptors (Lipinski definition) is 6. The molecule has 3 rings (SSSR count). The van der Waals surface area contributed by atoms with Gasteiger partial charge in [-0.05, 0) is 48.4 Å². The van der Waals surface area contributed by atoms with Gasteiger partial charge in [-0.25, -0.2) is 0 Å². The van der Waals surface area contributed by atoms with E-state index in [1.165, 1.54) is 0 Å². The second-order valence-corrected chi connectivity index (χ2v) is 6.84. The summed E-state index contributed by atoms with van der Waals surface area (Å²) in [5.41, 5.74) is 2.04. The maximum absolute atomic E-state index is 5.92. The number of hydrogen-bond donors (Lipinski definition) is 0. The van der Waals surface area contributed by atoms with Crippen molar-refractivity contribution in [1.82, 2.24) is 14.9 Å². The predicted octanol–water partition coefficient (Wildman–Crippen LogP) is 4.51. The molecule has 0 unspecified atom stereocenters. The highest BCUT2D eigenvalue weighted by atomic mass is 35.5. The van der Waals surface area contributed by atoms with Crippen LogP contribution < -0.4 is 9.47 Å². The molecule has 0 bridgehead atoms. The van der Waals surface area contributed by atoms with E-state index in [0.29, 0.717) is 23.3 Å². The van der Waals surface area contributed by atoms with Gasteiger partial charge >= 0.3 is 0 Å². The van der Waals surface area contributed by atoms with Gasteiger partial charge in [-0.15, -0.1) is 10.2 Å². The Morgan fingerprint density at radius 2 is 2.00 bits per heavy atom. The standard InChI is InChI=1S/C19H19ClN4O2S/c1-3-26-18-10-15(6-9-17(18)25-2)11-22-24-13-21-23-19(24)27-12-14-4-7-16(20)8-5-14/h4-11,13H,3,12H2,1-2H3/b22-11-. The van der Waals surface area contributed by atoms with Crippen molar-refractivity contribution in [3.8, 4) is 11.5 Å². The number of thioether (sulfide) groups is 1. The average Bonchev–Trinajstić information content (AvgIpc) is 3.14. The molecule has 0 aliphatic rings. The van der Waals surface area contributed by atoms with Crippen LogP contribution in [0.25, 0.3) is 0 Å². The number of nitrogens with zero attached hydrogens (tertiary/aromatic N) is 4. The first kappa shape index (κ1) is 19.3. The van der Waals surface area contributed by atoms with E-state index < -0.39 is 0 Å². The molecule has 2 aromatic carbocycles. The fraction of sp³-hybridized carbons (Fsp3) is 0.211. The van der Waals surface area contributed by atoms with Crippen LogP contribution >= 0.6 is 23.4 Å². The lowest BCUT2D eigenvalue weighted by Gasteiger charge is -2.09. The summed E-state index contributed by atoms with van der Waals surface area (Å²) in [6.07, 6.45) is 3.31. The van der Waals surface area contributed by atoms with Crippen molar-refractivity contribution < 1.29 is 9.47 Å². The Morgan fingerprint density at radius 3 is 2.74 bits per heavy atom. The Hall–Kier alpha value is -2.51. The van der Waals surface area contributed by atoms with E-state index in [2.05, 4.69) is 15.3 Å². The van der Waals surface area contributed by atoms with Crippen molar-refractivity contribution in [2.75, 3.05) is 13.7 Å². The normalized spacial score (nSPS) is 11.1. The monoisotopic (exact) mass is 402 g/mol. The van der Waals surface area contributed by atoms with Gasteiger partial charge in [-0.1, -0.05) is 35.5 Å². The fourth-order valence-corrected chi connectivity index (χ4v) is 3.24. The zero-order chi connectivity index (χ0) is 19.1. The van der Waals surface area contributed by atoms with E-state index in [0.717, 1.165) is 21.9 Å². The van der Waals surface area contributed by atoms with E-state index in [1.807, 2.05) is 49.4 Å². The second kappa shape index (κ2) is 9.43. The van der Waals surface area contributed by atoms with Gasteiger partial charge in [0.15, 0.2) is 11.5 Å². The van der Waals surface area contributed by atoms with Crippen LogP contribution in [0.15, 0.2) is 59.0 Å². The van der Waals surface area contributed by atoms with Gasteiger partial charge in [0, 0.05) is 10.8 Å². The molecule has 0 amide bonds. The van der Waals surface area contributed by atoms with Crippen LogP contribution in [0.5, 0.6) is 11.5 Å². The average molecular weight is 403 g/mol. The van der Waals surface area contributed by atoms with E-state index in [4.69, 9.17) is 21.1 Å². The van der Waals surface area contributed by atoms with Gasteiger partial charge in [0.1, 0.15) is 6.33 Å². The molecular weight excluding hydrogens is 384 g/mol. The molecule has 0 aliphatic carbocycles. The van der Waals surface area contributed by atoms with Crippen molar-refractivity contribution in [2.45, 2.75) is 17.8 Å². The number of halogens is 1. The molecule has 0 spiro atoms. The zero-order valence-electron chi connectivity index (χ0n) is 15.0. The minimum atomic E-state index is 0.563. The van der Waals surface area contributed by atoms with E-state index in [1.54, 1.807) is 36.1 Å². The second-order valence-electron chi connectivity index (χ2n) is 5.46. The highest BCUT2D eigenvalue weighted by Gasteiger charge is 2.06. The lowest BCUT2D eigenvalue weighted by molar-refractivity contribution is 0.311. The number of rotatable bonds is 8. The van der Waals surface area contributed by atoms with Crippen LogP contribution in [-0.2, 0) is 5.75 Å². The topological polar surface area (TPSA) is 61.5 Å². The molecule has 0 aliphatic heterocycles. The van der Waals surface area contributed by atoms with Crippen LogP contribution in [0.3, 0.4) is 0 Å². The molecule has 3 aromatic rings. The quantitative estimate of drug-likeness (QED) is 0.409. The SMILES string of the molecule is CCOc1cc(/C=N\n2cnnc2SCc2ccc(Cl)cc2)ccc1OC. The number of methoxy groups -OCH3 is 1. The Bertz CT molecular complexity index is 912. The van der Waals surface area contributed by atoms with Gasteiger partial charge in [-0.2, -0.15) is 9.78 Å². The highest BCUT2D eigenvalue weighted by molar-refractivity contribution is 7.98. The minimum Gasteiger partial charge on any atom is -0.493 e. The Kier molecular flexibility index (Phi) is 6.73. The largest absolute Gasteiger partial charge is 0.493 e. The lowest BCUT2D eigenvalue weighted by Crippen LogP contribution is -1.97. The Labute approximate surface area is 167 Å². The van der Waals surface area contributed by atoms with Crippen molar-refractivity contribution in [1.29, 1.82) is 0 Å². The molecule has 1 aromatic heterocycles. The zero-order valence-corrected chi connectivity index (χ0v) is 16.6. The van der Waals surface area contributed by atoms with Crippen molar-refractivity contribution in [3.63, 3.8) is 0 Å². The van der Waals surface area contributed by atoms with Gasteiger partial charge in [0.2, 0.25) is 5.16 Å². The summed E-state index contributed by atoms with van der Waals surface area (Å²) < 4.78 is 12.5. The third kappa shape index (κ3) is 5.24. The van der Waals surface area contributed by atoms with Crippen molar-refractivity contribution >= 4 is 29.6 Å². The van der Waals surface area contributed by atoms with Crippen LogP contribution in [0, 0.1) is 0 Å². The summed E-state index contributed by atoms with van der Waals surface area (Å²) >= 11 is 7.47. The first-order valence-corrected chi connectivity index (χ1v) is 9.68. The molecule has 140 valence electrons. The Morgan fingerprint density at radius 1 is 1.19 bits per heavy atom. The molecule has 0 atom stereocenters. The molecule has 6 nitrogen and oxygen atoms in total. The van der Waals surface area contributed by atoms with Gasteiger partial charge < -0.3 is 9.47 Å². The van der Waals surface area contributed by atoms with Crippen LogP contribution in [-0.4, -0.2) is 34.8 Å². The maximum Gasteiger partial charge on any atom is 0.212 e. The third-order valence-corrected chi connectivity index (χ3v) is 4.86. The summed E-state index contributed by atoms with van der Waals surface area (Å²) in [4.78, 5) is 0. The number of benzene rings is 2. The number of aromatic nitrogens is 3. The minimum absolute atomic E-state index is 0.563. The molecule has 1 heterocycles. The third-order valence-electron chi connectivity index (χ3n) is 3.60. The molecule has 0 saturated carbocycles. The summed E-state index contributed by atoms with van der Waals surface area (Å²) in [5.74, 6) is 2.13. The molecule has 8 heteroatoms. The molecule has 0 radical (unpaired) electrons. The Balaban J connectivity index is 1.70. The van der Waals surface area contributed by atoms with Crippen molar-refractivity contribution in [3.05, 3.63) is 64.9 Å². The lowest BCUT2D eigenvalue weighted by atomic mass is 10.2. The molecular formula is C19H19ClN4O2S. The predicted molar refractivity (Wildman–Crippen MR) is 108 cm³/mol. The summed E-state index contributed by atoms with van der Waals surface area (Å²) in [7, 11) is 1.62. The molecule has 0 N–H and O–H groups in total. The van der Waals surface area contributed by atoms with E-state index in [-0.39, 0.29) is 0 Å². The smallest absolute Gasteiger partial charge is 0.212 e. The van der Waals surface area contributed by atoms with Gasteiger partial charge in [0.25, 0.3) is 0 Å². The van der Waals surface area contributed by atoms with Gasteiger partial charge in [0.05, 0.1) is 19.9 Å². The fourth-order valence-electron chi connectivity index (χ4n) is 2.29. The number of ether oxygens (including phenoxy) is 2.